The molecule has 8 aromatic rings. The van der Waals surface area contributed by atoms with Gasteiger partial charge in [0.25, 0.3) is 5.56 Å². The Kier molecular flexibility index (Phi) is 4.14. The van der Waals surface area contributed by atoms with Gasteiger partial charge in [0.05, 0.1) is 21.9 Å². The van der Waals surface area contributed by atoms with E-state index in [0.717, 1.165) is 44.1 Å². The van der Waals surface area contributed by atoms with E-state index >= 15 is 0 Å². The molecular formula is C30H18N6O2. The number of furan rings is 1. The Morgan fingerprint density at radius 2 is 1.42 bits per heavy atom. The molecule has 0 amide bonds. The Morgan fingerprint density at radius 3 is 2.32 bits per heavy atom. The minimum Gasteiger partial charge on any atom is -0.456 e. The summed E-state index contributed by atoms with van der Waals surface area (Å²) in [4.78, 5) is 32.6. The van der Waals surface area contributed by atoms with E-state index in [2.05, 4.69) is 9.97 Å². The van der Waals surface area contributed by atoms with Crippen LogP contribution in [0, 0.1) is 6.92 Å². The second-order valence-electron chi connectivity index (χ2n) is 9.21. The number of aromatic nitrogens is 6. The molecule has 0 aliphatic heterocycles. The molecular weight excluding hydrogens is 476 g/mol. The van der Waals surface area contributed by atoms with Crippen LogP contribution in [-0.4, -0.2) is 28.9 Å². The molecule has 8 nitrogen and oxygen atoms in total. The minimum atomic E-state index is -0.243. The Balaban J connectivity index is 1.41. The average molecular weight is 495 g/mol. The number of imidazole rings is 1. The van der Waals surface area contributed by atoms with Crippen molar-refractivity contribution >= 4 is 49.7 Å². The molecule has 0 N–H and O–H groups in total. The standard InChI is InChI=1S/C30H18N6O2/c1-17-31-27(18-14-15-20-19-8-3-7-13-25(19)38-26(20)16-18)34-29(32-17)36-28(37)21-9-2-5-11-23(21)35-24-12-6-4-10-22(24)33-30(35)36/h2-16H,1H3. The van der Waals surface area contributed by atoms with Crippen LogP contribution in [0.5, 0.6) is 0 Å². The van der Waals surface area contributed by atoms with Gasteiger partial charge >= 0.3 is 0 Å². The minimum absolute atomic E-state index is 0.216. The van der Waals surface area contributed by atoms with Crippen LogP contribution in [0.4, 0.5) is 0 Å². The predicted octanol–water partition coefficient (Wildman–Crippen LogP) is 5.85. The molecule has 0 aliphatic rings. The molecule has 8 rings (SSSR count). The highest BCUT2D eigenvalue weighted by atomic mass is 16.3. The second-order valence-corrected chi connectivity index (χ2v) is 9.21. The highest BCUT2D eigenvalue weighted by molar-refractivity contribution is 6.05. The van der Waals surface area contributed by atoms with Crippen LogP contribution in [0.15, 0.2) is 100 Å². The van der Waals surface area contributed by atoms with Gasteiger partial charge in [0.2, 0.25) is 11.7 Å². The monoisotopic (exact) mass is 494 g/mol. The van der Waals surface area contributed by atoms with Gasteiger partial charge in [-0.2, -0.15) is 9.97 Å². The van der Waals surface area contributed by atoms with E-state index in [4.69, 9.17) is 14.4 Å². The number of para-hydroxylation sites is 4. The Morgan fingerprint density at radius 1 is 0.684 bits per heavy atom. The molecule has 0 saturated heterocycles. The molecule has 0 aliphatic carbocycles. The SMILES string of the molecule is Cc1nc(-c2ccc3c(c2)oc2ccccc23)nc(-n2c(=O)c3ccccc3n3c4ccccc4nc23)n1. The van der Waals surface area contributed by atoms with Gasteiger partial charge in [-0.25, -0.2) is 14.5 Å². The summed E-state index contributed by atoms with van der Waals surface area (Å²) < 4.78 is 9.53. The zero-order valence-electron chi connectivity index (χ0n) is 20.2. The highest BCUT2D eigenvalue weighted by Crippen LogP contribution is 2.31. The zero-order valence-corrected chi connectivity index (χ0v) is 20.2. The van der Waals surface area contributed by atoms with Crippen LogP contribution < -0.4 is 5.56 Å². The molecule has 8 heteroatoms. The van der Waals surface area contributed by atoms with E-state index in [1.54, 1.807) is 6.92 Å². The van der Waals surface area contributed by atoms with Crippen molar-refractivity contribution in [3.63, 3.8) is 0 Å². The third-order valence-corrected chi connectivity index (χ3v) is 6.89. The van der Waals surface area contributed by atoms with Crippen molar-refractivity contribution in [3.05, 3.63) is 107 Å². The number of hydrogen-bond acceptors (Lipinski definition) is 6. The lowest BCUT2D eigenvalue weighted by Gasteiger charge is -2.11. The first-order valence-corrected chi connectivity index (χ1v) is 12.2. The molecule has 0 saturated carbocycles. The van der Waals surface area contributed by atoms with Crippen molar-refractivity contribution in [3.8, 4) is 17.3 Å². The molecule has 0 unspecified atom stereocenters. The fourth-order valence-electron chi connectivity index (χ4n) is 5.20. The van der Waals surface area contributed by atoms with E-state index in [1.807, 2.05) is 95.4 Å². The lowest BCUT2D eigenvalue weighted by atomic mass is 10.1. The molecule has 0 spiro atoms. The van der Waals surface area contributed by atoms with Gasteiger partial charge in [-0.1, -0.05) is 48.5 Å². The fourth-order valence-corrected chi connectivity index (χ4v) is 5.20. The summed E-state index contributed by atoms with van der Waals surface area (Å²) in [5.74, 6) is 1.60. The molecule has 4 aromatic carbocycles. The normalized spacial score (nSPS) is 11.9. The zero-order chi connectivity index (χ0) is 25.4. The van der Waals surface area contributed by atoms with Crippen LogP contribution in [0.2, 0.25) is 0 Å². The van der Waals surface area contributed by atoms with Crippen molar-refractivity contribution in [1.82, 2.24) is 28.9 Å². The number of rotatable bonds is 2. The van der Waals surface area contributed by atoms with Gasteiger partial charge in [-0.15, -0.1) is 0 Å². The molecule has 0 radical (unpaired) electrons. The summed E-state index contributed by atoms with van der Waals surface area (Å²) in [6.07, 6.45) is 0. The van der Waals surface area contributed by atoms with Crippen molar-refractivity contribution in [2.24, 2.45) is 0 Å². The van der Waals surface area contributed by atoms with Gasteiger partial charge in [0.1, 0.15) is 17.0 Å². The van der Waals surface area contributed by atoms with Crippen LogP contribution in [0.1, 0.15) is 5.82 Å². The molecule has 180 valence electrons. The van der Waals surface area contributed by atoms with Crippen molar-refractivity contribution in [2.75, 3.05) is 0 Å². The highest BCUT2D eigenvalue weighted by Gasteiger charge is 2.20. The maximum absolute atomic E-state index is 13.8. The average Bonchev–Trinajstić information content (AvgIpc) is 3.51. The maximum Gasteiger partial charge on any atom is 0.269 e. The Bertz CT molecular complexity index is 2290. The summed E-state index contributed by atoms with van der Waals surface area (Å²) >= 11 is 0. The maximum atomic E-state index is 13.8. The number of aryl methyl sites for hydroxylation is 1. The quantitative estimate of drug-likeness (QED) is 0.299. The van der Waals surface area contributed by atoms with Crippen molar-refractivity contribution in [1.29, 1.82) is 0 Å². The molecule has 38 heavy (non-hydrogen) atoms. The van der Waals surface area contributed by atoms with E-state index in [1.165, 1.54) is 4.57 Å². The van der Waals surface area contributed by atoms with Gasteiger partial charge in [-0.05, 0) is 49.4 Å². The number of hydrogen-bond donors (Lipinski definition) is 0. The van der Waals surface area contributed by atoms with Gasteiger partial charge in [0.15, 0.2) is 5.82 Å². The molecule has 0 atom stereocenters. The first-order valence-electron chi connectivity index (χ1n) is 12.2. The number of benzene rings is 4. The van der Waals surface area contributed by atoms with Crippen molar-refractivity contribution in [2.45, 2.75) is 6.92 Å². The summed E-state index contributed by atoms with van der Waals surface area (Å²) in [5, 5.41) is 2.62. The lowest BCUT2D eigenvalue weighted by Crippen LogP contribution is -2.24. The van der Waals surface area contributed by atoms with Crippen LogP contribution in [0.3, 0.4) is 0 Å². The van der Waals surface area contributed by atoms with Gasteiger partial charge in [-0.3, -0.25) is 9.20 Å². The third-order valence-electron chi connectivity index (χ3n) is 6.89. The number of fused-ring (bicyclic) bond motifs is 8. The van der Waals surface area contributed by atoms with E-state index in [0.29, 0.717) is 22.8 Å². The van der Waals surface area contributed by atoms with E-state index < -0.39 is 0 Å². The summed E-state index contributed by atoms with van der Waals surface area (Å²) in [6, 6.07) is 29.2. The van der Waals surface area contributed by atoms with E-state index in [9.17, 15) is 4.79 Å². The molecule has 4 aromatic heterocycles. The largest absolute Gasteiger partial charge is 0.456 e. The Hall–Kier alpha value is -5.37. The lowest BCUT2D eigenvalue weighted by molar-refractivity contribution is 0.669. The fraction of sp³-hybridized carbons (Fsp3) is 0.0333. The third kappa shape index (κ3) is 2.88. The number of nitrogens with zero attached hydrogens (tertiary/aromatic N) is 6. The first-order chi connectivity index (χ1) is 18.7. The predicted molar refractivity (Wildman–Crippen MR) is 147 cm³/mol. The first kappa shape index (κ1) is 20.8. The smallest absolute Gasteiger partial charge is 0.269 e. The summed E-state index contributed by atoms with van der Waals surface area (Å²) in [6.45, 7) is 1.79. The van der Waals surface area contributed by atoms with Crippen LogP contribution in [0.25, 0.3) is 67.0 Å². The summed E-state index contributed by atoms with van der Waals surface area (Å²) in [5.41, 5.74) is 4.54. The Labute approximate surface area is 214 Å². The molecule has 4 heterocycles. The summed E-state index contributed by atoms with van der Waals surface area (Å²) in [7, 11) is 0. The van der Waals surface area contributed by atoms with Crippen LogP contribution in [-0.2, 0) is 0 Å². The van der Waals surface area contributed by atoms with E-state index in [-0.39, 0.29) is 11.5 Å². The van der Waals surface area contributed by atoms with Crippen molar-refractivity contribution < 1.29 is 4.42 Å². The topological polar surface area (TPSA) is 91.1 Å². The van der Waals surface area contributed by atoms with Gasteiger partial charge < -0.3 is 4.42 Å². The van der Waals surface area contributed by atoms with Crippen LogP contribution >= 0.6 is 0 Å². The second kappa shape index (κ2) is 7.57. The van der Waals surface area contributed by atoms with Gasteiger partial charge in [0, 0.05) is 16.3 Å². The molecule has 0 bridgehead atoms. The molecule has 0 fully saturated rings.